The second-order valence-electron chi connectivity index (χ2n) is 15.7. The number of azide groups is 2. The lowest BCUT2D eigenvalue weighted by molar-refractivity contribution is -0.141. The summed E-state index contributed by atoms with van der Waals surface area (Å²) in [5, 5.41) is 52.6. The molecule has 2 aromatic rings. The van der Waals surface area contributed by atoms with E-state index in [9.17, 15) is 44.4 Å². The van der Waals surface area contributed by atoms with E-state index in [1.807, 2.05) is 0 Å². The summed E-state index contributed by atoms with van der Waals surface area (Å²) in [6.45, 7) is 0.694. The standard InChI is InChI=1S/C44H63N9O13/c1-31(58)65-26-17-53(29-39(59)47-2)16-13-48-42(62)66-30-38-36-27-32(40(60)43(7-18-54,8-19-55)11-22-63-24-14-49-51-45)3-5-34(36)35-6-4-33(28-37(35)38)41(61)44(9-20-56,10-21-57)12-23-64-25-15-50-52-46/h3-6,27-28,38,54-57H,7-26,29-30H2,1-2H3,(H,47,59)(H,48,62). The van der Waals surface area contributed by atoms with Gasteiger partial charge in [-0.25, -0.2) is 4.79 Å². The molecule has 0 spiro atoms. The summed E-state index contributed by atoms with van der Waals surface area (Å²) >= 11 is 0. The number of hydrogen-bond acceptors (Lipinski definition) is 16. The van der Waals surface area contributed by atoms with Gasteiger partial charge in [0.1, 0.15) is 13.2 Å². The van der Waals surface area contributed by atoms with Crippen LogP contribution < -0.4 is 10.6 Å². The van der Waals surface area contributed by atoms with E-state index in [-0.39, 0.29) is 172 Å². The van der Waals surface area contributed by atoms with Gasteiger partial charge < -0.3 is 50.0 Å². The number of carbonyl (C=O) groups excluding carboxylic acids is 5. The third kappa shape index (κ3) is 16.0. The summed E-state index contributed by atoms with van der Waals surface area (Å²) in [5.41, 5.74) is 17.9. The fraction of sp³-hybridized carbons (Fsp3) is 0.614. The Bertz CT molecular complexity index is 1900. The van der Waals surface area contributed by atoms with E-state index in [1.54, 1.807) is 41.3 Å². The van der Waals surface area contributed by atoms with Gasteiger partial charge in [0, 0.05) is 124 Å². The number of nitrogens with zero attached hydrogens (tertiary/aromatic N) is 7. The third-order valence-electron chi connectivity index (χ3n) is 11.7. The van der Waals surface area contributed by atoms with Gasteiger partial charge in [-0.3, -0.25) is 24.1 Å². The zero-order valence-electron chi connectivity index (χ0n) is 37.7. The molecule has 0 radical (unpaired) electrons. The van der Waals surface area contributed by atoms with Crippen LogP contribution in [0.1, 0.15) is 83.2 Å². The number of ketones is 2. The number of fused-ring (bicyclic) bond motifs is 3. The van der Waals surface area contributed by atoms with Crippen molar-refractivity contribution in [3.63, 3.8) is 0 Å². The Morgan fingerprint density at radius 1 is 0.697 bits per heavy atom. The van der Waals surface area contributed by atoms with E-state index in [1.165, 1.54) is 14.0 Å². The fourth-order valence-corrected chi connectivity index (χ4v) is 8.16. The van der Waals surface area contributed by atoms with Gasteiger partial charge in [0.15, 0.2) is 11.6 Å². The van der Waals surface area contributed by atoms with Gasteiger partial charge in [-0.2, -0.15) is 0 Å². The van der Waals surface area contributed by atoms with Crippen molar-refractivity contribution >= 4 is 29.5 Å². The van der Waals surface area contributed by atoms with Crippen LogP contribution >= 0.6 is 0 Å². The number of rotatable bonds is 34. The van der Waals surface area contributed by atoms with Gasteiger partial charge in [0.2, 0.25) is 5.91 Å². The summed E-state index contributed by atoms with van der Waals surface area (Å²) in [5.74, 6) is -2.18. The van der Waals surface area contributed by atoms with Gasteiger partial charge in [-0.15, -0.1) is 0 Å². The van der Waals surface area contributed by atoms with Crippen molar-refractivity contribution < 1.29 is 63.3 Å². The lowest BCUT2D eigenvalue weighted by Crippen LogP contribution is -2.42. The molecule has 2 amide bonds. The van der Waals surface area contributed by atoms with Crippen molar-refractivity contribution in [1.29, 1.82) is 0 Å². The Kier molecular flexibility index (Phi) is 24.1. The summed E-state index contributed by atoms with van der Waals surface area (Å²) in [6, 6.07) is 10.2. The second-order valence-corrected chi connectivity index (χ2v) is 15.7. The minimum absolute atomic E-state index is 0.0169. The van der Waals surface area contributed by atoms with Gasteiger partial charge in [-0.05, 0) is 84.0 Å². The highest BCUT2D eigenvalue weighted by Crippen LogP contribution is 2.47. The van der Waals surface area contributed by atoms with Crippen molar-refractivity contribution in [2.24, 2.45) is 21.1 Å². The first-order chi connectivity index (χ1) is 31.9. The van der Waals surface area contributed by atoms with E-state index in [4.69, 9.17) is 30.0 Å². The van der Waals surface area contributed by atoms with E-state index in [2.05, 4.69) is 30.7 Å². The van der Waals surface area contributed by atoms with Gasteiger partial charge in [0.05, 0.1) is 19.8 Å². The fourth-order valence-electron chi connectivity index (χ4n) is 8.16. The number of aliphatic hydroxyl groups is 4. The summed E-state index contributed by atoms with van der Waals surface area (Å²) in [4.78, 5) is 72.9. The molecule has 1 aliphatic rings. The van der Waals surface area contributed by atoms with Crippen molar-refractivity contribution in [2.75, 3.05) is 112 Å². The number of amides is 2. The molecule has 0 unspecified atom stereocenters. The molecule has 0 saturated carbocycles. The molecule has 66 heavy (non-hydrogen) atoms. The summed E-state index contributed by atoms with van der Waals surface area (Å²) < 4.78 is 22.1. The Labute approximate surface area is 383 Å². The molecule has 6 N–H and O–H groups in total. The number of ether oxygens (including phenoxy) is 4. The predicted molar refractivity (Wildman–Crippen MR) is 239 cm³/mol. The van der Waals surface area contributed by atoms with Crippen molar-refractivity contribution in [3.8, 4) is 11.1 Å². The Morgan fingerprint density at radius 2 is 1.18 bits per heavy atom. The first kappa shape index (κ1) is 54.7. The van der Waals surface area contributed by atoms with E-state index in [0.29, 0.717) is 22.3 Å². The van der Waals surface area contributed by atoms with Gasteiger partial charge in [-0.1, -0.05) is 34.5 Å². The average molecular weight is 926 g/mol. The van der Waals surface area contributed by atoms with Crippen molar-refractivity contribution in [2.45, 2.75) is 51.4 Å². The maximum atomic E-state index is 14.5. The van der Waals surface area contributed by atoms with Crippen molar-refractivity contribution in [1.82, 2.24) is 15.5 Å². The van der Waals surface area contributed by atoms with Crippen LogP contribution in [0.4, 0.5) is 4.79 Å². The highest BCUT2D eigenvalue weighted by Gasteiger charge is 2.41. The molecule has 0 fully saturated rings. The monoisotopic (exact) mass is 925 g/mol. The predicted octanol–water partition coefficient (Wildman–Crippen LogP) is 3.44. The molecule has 362 valence electrons. The van der Waals surface area contributed by atoms with E-state index < -0.39 is 28.8 Å². The van der Waals surface area contributed by atoms with Gasteiger partial charge in [0.25, 0.3) is 0 Å². The molecule has 0 saturated heterocycles. The number of Topliss-reactive ketones (excluding diaryl/α,β-unsaturated/α-hetero) is 2. The second kappa shape index (κ2) is 29.1. The molecule has 0 atom stereocenters. The first-order valence-electron chi connectivity index (χ1n) is 21.8. The van der Waals surface area contributed by atoms with Gasteiger partial charge >= 0.3 is 12.1 Å². The topological polar surface area (TPSA) is 328 Å². The number of alkyl carbamates (subject to hydrolysis) is 1. The zero-order chi connectivity index (χ0) is 48.4. The number of nitrogens with one attached hydrogen (secondary N) is 2. The molecule has 0 bridgehead atoms. The highest BCUT2D eigenvalue weighted by molar-refractivity contribution is 6.03. The quantitative estimate of drug-likeness (QED) is 0.0146. The number of likely N-dealkylation sites (N-methyl/N-ethyl adjacent to an activating group) is 1. The molecule has 22 heteroatoms. The number of aliphatic hydroxyl groups excluding tert-OH is 4. The Balaban J connectivity index is 2.02. The third-order valence-corrected chi connectivity index (χ3v) is 11.7. The van der Waals surface area contributed by atoms with Crippen LogP contribution in [0, 0.1) is 10.8 Å². The lowest BCUT2D eigenvalue weighted by atomic mass is 9.72. The normalized spacial score (nSPS) is 12.9. The maximum absolute atomic E-state index is 14.5. The molecule has 0 aliphatic heterocycles. The maximum Gasteiger partial charge on any atom is 0.407 e. The molecule has 3 rings (SSSR count). The summed E-state index contributed by atoms with van der Waals surface area (Å²) in [6.07, 6.45) is -0.415. The highest BCUT2D eigenvalue weighted by atomic mass is 16.5. The zero-order valence-corrected chi connectivity index (χ0v) is 37.7. The largest absolute Gasteiger partial charge is 0.465 e. The SMILES string of the molecule is CNC(=O)CN(CCNC(=O)OCC1c2cc(C(=O)C(CCO)(CCO)CCOCCN=[N+]=[N-])ccc2-c2ccc(C(=O)C(CCO)(CCO)CCOCCN=[N+]=[N-])cc21)CCOC(C)=O. The van der Waals surface area contributed by atoms with Crippen LogP contribution in [0.3, 0.4) is 0 Å². The minimum Gasteiger partial charge on any atom is -0.465 e. The first-order valence-corrected chi connectivity index (χ1v) is 21.8. The Morgan fingerprint density at radius 3 is 1.61 bits per heavy atom. The molecule has 2 aromatic carbocycles. The number of benzene rings is 2. The molecule has 1 aliphatic carbocycles. The van der Waals surface area contributed by atoms with Crippen LogP contribution in [0.2, 0.25) is 0 Å². The molecular weight excluding hydrogens is 863 g/mol. The molecule has 0 aromatic heterocycles. The smallest absolute Gasteiger partial charge is 0.407 e. The van der Waals surface area contributed by atoms with Crippen LogP contribution in [0.5, 0.6) is 0 Å². The van der Waals surface area contributed by atoms with Crippen molar-refractivity contribution in [3.05, 3.63) is 79.5 Å². The van der Waals surface area contributed by atoms with Crippen LogP contribution in [-0.4, -0.2) is 167 Å². The average Bonchev–Trinajstić information content (AvgIpc) is 3.61. The Hall–Kier alpha value is -5.67. The number of esters is 1. The van der Waals surface area contributed by atoms with Crippen LogP contribution in [-0.2, 0) is 28.5 Å². The molecule has 0 heterocycles. The number of hydrogen-bond donors (Lipinski definition) is 6. The summed E-state index contributed by atoms with van der Waals surface area (Å²) in [7, 11) is 1.49. The van der Waals surface area contributed by atoms with Crippen LogP contribution in [0.25, 0.3) is 32.0 Å². The van der Waals surface area contributed by atoms with E-state index in [0.717, 1.165) is 0 Å². The van der Waals surface area contributed by atoms with Crippen LogP contribution in [0.15, 0.2) is 46.6 Å². The minimum atomic E-state index is -1.23. The number of carbonyl (C=O) groups is 5. The lowest BCUT2D eigenvalue weighted by Gasteiger charge is -2.32. The molecular formula is C44H63N9O13. The van der Waals surface area contributed by atoms with E-state index >= 15 is 0 Å². The molecule has 22 nitrogen and oxygen atoms in total.